The van der Waals surface area contributed by atoms with Gasteiger partial charge >= 0.3 is 0 Å². The molecule has 0 aliphatic heterocycles. The predicted octanol–water partition coefficient (Wildman–Crippen LogP) is 2.51. The lowest BCUT2D eigenvalue weighted by atomic mass is 10.2. The van der Waals surface area contributed by atoms with Crippen LogP contribution in [-0.4, -0.2) is 23.1 Å². The summed E-state index contributed by atoms with van der Waals surface area (Å²) in [5.41, 5.74) is 5.67. The molecule has 2 heterocycles. The van der Waals surface area contributed by atoms with E-state index in [9.17, 15) is 0 Å². The molecular formula is C13H19N5S. The van der Waals surface area contributed by atoms with Crippen LogP contribution < -0.4 is 16.4 Å². The van der Waals surface area contributed by atoms with Crippen molar-refractivity contribution >= 4 is 28.9 Å². The van der Waals surface area contributed by atoms with Gasteiger partial charge in [-0.1, -0.05) is 0 Å². The number of hydrogen-bond acceptors (Lipinski definition) is 6. The minimum absolute atomic E-state index is 0.272. The standard InChI is InChI=1S/C13H19N5S/c1-8(6-10-5-4-9(2)19-10)16-12-7-11(15-3)17-13(14)18-12/h4-5,7-8H,6H2,1-3H3,(H4,14,15,16,17,18). The number of nitrogen functional groups attached to an aromatic ring is 1. The molecule has 0 amide bonds. The first-order valence-electron chi connectivity index (χ1n) is 6.21. The van der Waals surface area contributed by atoms with Gasteiger partial charge in [-0.05, 0) is 26.0 Å². The molecule has 2 rings (SSSR count). The molecule has 5 nitrogen and oxygen atoms in total. The van der Waals surface area contributed by atoms with Crippen molar-refractivity contribution in [3.05, 3.63) is 28.0 Å². The van der Waals surface area contributed by atoms with Crippen LogP contribution in [0.2, 0.25) is 0 Å². The summed E-state index contributed by atoms with van der Waals surface area (Å²) >= 11 is 1.83. The molecule has 1 atom stereocenters. The van der Waals surface area contributed by atoms with E-state index in [1.807, 2.05) is 24.5 Å². The average molecular weight is 277 g/mol. The maximum atomic E-state index is 5.67. The van der Waals surface area contributed by atoms with Crippen molar-refractivity contribution in [3.8, 4) is 0 Å². The van der Waals surface area contributed by atoms with Crippen molar-refractivity contribution < 1.29 is 0 Å². The lowest BCUT2D eigenvalue weighted by Gasteiger charge is -2.14. The normalized spacial score (nSPS) is 12.2. The fourth-order valence-corrected chi connectivity index (χ4v) is 2.89. The summed E-state index contributed by atoms with van der Waals surface area (Å²) < 4.78 is 0. The number of hydrogen-bond donors (Lipinski definition) is 3. The van der Waals surface area contributed by atoms with E-state index in [1.165, 1.54) is 9.75 Å². The molecule has 0 saturated carbocycles. The summed E-state index contributed by atoms with van der Waals surface area (Å²) in [6, 6.07) is 6.46. The van der Waals surface area contributed by atoms with Crippen LogP contribution in [0.15, 0.2) is 18.2 Å². The van der Waals surface area contributed by atoms with Gasteiger partial charge in [0.05, 0.1) is 0 Å². The molecule has 102 valence electrons. The molecule has 2 aromatic heterocycles. The third-order valence-electron chi connectivity index (χ3n) is 2.70. The maximum Gasteiger partial charge on any atom is 0.223 e. The quantitative estimate of drug-likeness (QED) is 0.783. The van der Waals surface area contributed by atoms with Gasteiger partial charge in [0, 0.05) is 35.3 Å². The second kappa shape index (κ2) is 5.88. The Kier molecular flexibility index (Phi) is 4.21. The fraction of sp³-hybridized carbons (Fsp3) is 0.385. The van der Waals surface area contributed by atoms with Gasteiger partial charge in [-0.25, -0.2) is 0 Å². The van der Waals surface area contributed by atoms with Crippen LogP contribution in [0.5, 0.6) is 0 Å². The highest BCUT2D eigenvalue weighted by Crippen LogP contribution is 2.19. The Balaban J connectivity index is 2.02. The van der Waals surface area contributed by atoms with Gasteiger partial charge in [0.25, 0.3) is 0 Å². The minimum Gasteiger partial charge on any atom is -0.373 e. The largest absolute Gasteiger partial charge is 0.373 e. The molecule has 0 bridgehead atoms. The van der Waals surface area contributed by atoms with Gasteiger partial charge in [0.15, 0.2) is 0 Å². The fourth-order valence-electron chi connectivity index (χ4n) is 1.87. The van der Waals surface area contributed by atoms with Gasteiger partial charge in [-0.15, -0.1) is 11.3 Å². The highest BCUT2D eigenvalue weighted by Gasteiger charge is 2.08. The number of thiophene rings is 1. The van der Waals surface area contributed by atoms with Crippen molar-refractivity contribution in [2.24, 2.45) is 0 Å². The SMILES string of the molecule is CNc1cc(NC(C)Cc2ccc(C)s2)nc(N)n1. The second-order valence-corrected chi connectivity index (χ2v) is 5.88. The van der Waals surface area contributed by atoms with Crippen molar-refractivity contribution in [1.29, 1.82) is 0 Å². The number of aromatic nitrogens is 2. The molecule has 0 aliphatic carbocycles. The van der Waals surface area contributed by atoms with Crippen LogP contribution in [0.25, 0.3) is 0 Å². The third-order valence-corrected chi connectivity index (χ3v) is 3.72. The Morgan fingerprint density at radius 1 is 1.32 bits per heavy atom. The third kappa shape index (κ3) is 3.82. The summed E-state index contributed by atoms with van der Waals surface area (Å²) in [5.74, 6) is 1.74. The van der Waals surface area contributed by atoms with Crippen LogP contribution in [0.3, 0.4) is 0 Å². The summed E-state index contributed by atoms with van der Waals surface area (Å²) in [4.78, 5) is 11.0. The monoisotopic (exact) mass is 277 g/mol. The molecule has 4 N–H and O–H groups in total. The molecule has 6 heteroatoms. The number of nitrogens with one attached hydrogen (secondary N) is 2. The number of nitrogens with two attached hydrogens (primary N) is 1. The van der Waals surface area contributed by atoms with Gasteiger partial charge in [-0.3, -0.25) is 0 Å². The molecule has 0 fully saturated rings. The predicted molar refractivity (Wildman–Crippen MR) is 81.8 cm³/mol. The number of nitrogens with zero attached hydrogens (tertiary/aromatic N) is 2. The highest BCUT2D eigenvalue weighted by atomic mass is 32.1. The van der Waals surface area contributed by atoms with Crippen molar-refractivity contribution in [3.63, 3.8) is 0 Å². The molecule has 19 heavy (non-hydrogen) atoms. The first-order valence-corrected chi connectivity index (χ1v) is 7.02. The van der Waals surface area contributed by atoms with E-state index >= 15 is 0 Å². The smallest absolute Gasteiger partial charge is 0.223 e. The summed E-state index contributed by atoms with van der Waals surface area (Å²) in [6.45, 7) is 4.25. The maximum absolute atomic E-state index is 5.67. The van der Waals surface area contributed by atoms with Crippen LogP contribution in [0.1, 0.15) is 16.7 Å². The molecule has 2 aromatic rings. The van der Waals surface area contributed by atoms with E-state index in [0.717, 1.165) is 12.2 Å². The zero-order valence-electron chi connectivity index (χ0n) is 11.4. The Morgan fingerprint density at radius 3 is 2.68 bits per heavy atom. The highest BCUT2D eigenvalue weighted by molar-refractivity contribution is 7.11. The van der Waals surface area contributed by atoms with Crippen molar-refractivity contribution in [1.82, 2.24) is 9.97 Å². The first-order chi connectivity index (χ1) is 9.06. The van der Waals surface area contributed by atoms with Crippen LogP contribution >= 0.6 is 11.3 Å². The number of aryl methyl sites for hydroxylation is 1. The molecule has 0 saturated heterocycles. The first kappa shape index (κ1) is 13.6. The van der Waals surface area contributed by atoms with E-state index in [-0.39, 0.29) is 12.0 Å². The zero-order chi connectivity index (χ0) is 13.8. The van der Waals surface area contributed by atoms with Gasteiger partial charge in [-0.2, -0.15) is 9.97 Å². The summed E-state index contributed by atoms with van der Waals surface area (Å²) in [5, 5.41) is 6.32. The Labute approximate surface area is 117 Å². The van der Waals surface area contributed by atoms with Crippen LogP contribution in [0, 0.1) is 6.92 Å². The van der Waals surface area contributed by atoms with Gasteiger partial charge in [0.1, 0.15) is 11.6 Å². The molecule has 0 radical (unpaired) electrons. The molecule has 0 spiro atoms. The number of rotatable bonds is 5. The van der Waals surface area contributed by atoms with Gasteiger partial charge in [0.2, 0.25) is 5.95 Å². The Morgan fingerprint density at radius 2 is 2.05 bits per heavy atom. The Hall–Kier alpha value is -1.82. The van der Waals surface area contributed by atoms with E-state index < -0.39 is 0 Å². The molecule has 0 aromatic carbocycles. The molecular weight excluding hydrogens is 258 g/mol. The van der Waals surface area contributed by atoms with E-state index in [4.69, 9.17) is 5.73 Å². The summed E-state index contributed by atoms with van der Waals surface area (Å²) in [6.07, 6.45) is 0.970. The number of anilines is 3. The lowest BCUT2D eigenvalue weighted by molar-refractivity contribution is 0.794. The van der Waals surface area contributed by atoms with Gasteiger partial charge < -0.3 is 16.4 Å². The minimum atomic E-state index is 0.272. The average Bonchev–Trinajstić information content (AvgIpc) is 2.73. The summed E-state index contributed by atoms with van der Waals surface area (Å²) in [7, 11) is 1.81. The van der Waals surface area contributed by atoms with Crippen molar-refractivity contribution in [2.75, 3.05) is 23.4 Å². The van der Waals surface area contributed by atoms with E-state index in [1.54, 1.807) is 0 Å². The topological polar surface area (TPSA) is 75.9 Å². The van der Waals surface area contributed by atoms with E-state index in [0.29, 0.717) is 5.82 Å². The second-order valence-electron chi connectivity index (χ2n) is 4.51. The van der Waals surface area contributed by atoms with Crippen LogP contribution in [-0.2, 0) is 6.42 Å². The van der Waals surface area contributed by atoms with E-state index in [2.05, 4.69) is 46.6 Å². The van der Waals surface area contributed by atoms with Crippen LogP contribution in [0.4, 0.5) is 17.6 Å². The van der Waals surface area contributed by atoms with Crippen molar-refractivity contribution in [2.45, 2.75) is 26.3 Å². The lowest BCUT2D eigenvalue weighted by Crippen LogP contribution is -2.19. The Bertz CT molecular complexity index is 552. The molecule has 1 unspecified atom stereocenters. The zero-order valence-corrected chi connectivity index (χ0v) is 12.2. The molecule has 0 aliphatic rings.